The van der Waals surface area contributed by atoms with E-state index in [1.54, 1.807) is 0 Å². The third kappa shape index (κ3) is 3.14. The molecule has 0 bridgehead atoms. The topological polar surface area (TPSA) is 9.23 Å². The summed E-state index contributed by atoms with van der Waals surface area (Å²) in [7, 11) is 0. The predicted octanol–water partition coefficient (Wildman–Crippen LogP) is 5.21. The summed E-state index contributed by atoms with van der Waals surface area (Å²) in [5.74, 6) is 0. The average Bonchev–Trinajstić information content (AvgIpc) is 2.51. The van der Waals surface area contributed by atoms with E-state index in [2.05, 4.69) is 61.5 Å². The van der Waals surface area contributed by atoms with Crippen molar-refractivity contribution < 1.29 is 4.74 Å². The van der Waals surface area contributed by atoms with E-state index in [1.165, 1.54) is 20.9 Å². The smallest absolute Gasteiger partial charge is 0.0874 e. The van der Waals surface area contributed by atoms with Crippen molar-refractivity contribution in [1.82, 2.24) is 0 Å². The van der Waals surface area contributed by atoms with Crippen LogP contribution in [-0.4, -0.2) is 6.61 Å². The van der Waals surface area contributed by atoms with Gasteiger partial charge in [-0.05, 0) is 35.1 Å². The van der Waals surface area contributed by atoms with Crippen molar-refractivity contribution >= 4 is 11.8 Å². The van der Waals surface area contributed by atoms with Crippen LogP contribution in [0.2, 0.25) is 0 Å². The van der Waals surface area contributed by atoms with Crippen molar-refractivity contribution in [3.05, 3.63) is 76.7 Å². The highest BCUT2D eigenvalue weighted by molar-refractivity contribution is 8.03. The van der Waals surface area contributed by atoms with Crippen molar-refractivity contribution in [3.8, 4) is 0 Å². The Labute approximate surface area is 124 Å². The Morgan fingerprint density at radius 3 is 2.30 bits per heavy atom. The van der Waals surface area contributed by atoms with Crippen LogP contribution in [0.1, 0.15) is 25.0 Å². The molecule has 2 aromatic carbocycles. The molecule has 0 radical (unpaired) electrons. The quantitative estimate of drug-likeness (QED) is 0.764. The minimum atomic E-state index is 0.186. The second-order valence-corrected chi connectivity index (χ2v) is 6.20. The lowest BCUT2D eigenvalue weighted by Gasteiger charge is -2.26. The highest BCUT2D eigenvalue weighted by Gasteiger charge is 2.21. The Kier molecular flexibility index (Phi) is 4.24. The van der Waals surface area contributed by atoms with Crippen molar-refractivity contribution in [2.45, 2.75) is 24.3 Å². The van der Waals surface area contributed by atoms with Crippen LogP contribution >= 0.6 is 11.8 Å². The van der Waals surface area contributed by atoms with Crippen molar-refractivity contribution in [2.75, 3.05) is 6.61 Å². The largest absolute Gasteiger partial charge is 0.369 e. The van der Waals surface area contributed by atoms with Crippen molar-refractivity contribution in [1.29, 1.82) is 0 Å². The first-order chi connectivity index (χ1) is 9.83. The molecule has 0 saturated carbocycles. The molecular weight excluding hydrogens is 264 g/mol. The van der Waals surface area contributed by atoms with E-state index in [-0.39, 0.29) is 6.10 Å². The summed E-state index contributed by atoms with van der Waals surface area (Å²) in [6.45, 7) is 2.90. The molecule has 1 unspecified atom stereocenters. The SMILES string of the molecule is CC1=C(Sc2ccccc2)CC(c2ccccc2)OC1. The summed E-state index contributed by atoms with van der Waals surface area (Å²) in [6.07, 6.45) is 1.15. The highest BCUT2D eigenvalue weighted by atomic mass is 32.2. The van der Waals surface area contributed by atoms with Crippen LogP contribution in [0.5, 0.6) is 0 Å². The van der Waals surface area contributed by atoms with Gasteiger partial charge in [-0.2, -0.15) is 0 Å². The highest BCUT2D eigenvalue weighted by Crippen LogP contribution is 2.40. The molecule has 0 N–H and O–H groups in total. The molecule has 0 saturated heterocycles. The molecule has 1 nitrogen and oxygen atoms in total. The maximum absolute atomic E-state index is 5.97. The van der Waals surface area contributed by atoms with Gasteiger partial charge in [0, 0.05) is 11.3 Å². The Hall–Kier alpha value is -1.51. The van der Waals surface area contributed by atoms with E-state index in [0.717, 1.165) is 13.0 Å². The first kappa shape index (κ1) is 13.5. The van der Waals surface area contributed by atoms with Gasteiger partial charge in [0.25, 0.3) is 0 Å². The molecule has 0 amide bonds. The van der Waals surface area contributed by atoms with E-state index in [9.17, 15) is 0 Å². The molecule has 1 atom stereocenters. The van der Waals surface area contributed by atoms with Crippen molar-refractivity contribution in [3.63, 3.8) is 0 Å². The molecule has 1 heterocycles. The second kappa shape index (κ2) is 6.29. The number of hydrogen-bond acceptors (Lipinski definition) is 2. The van der Waals surface area contributed by atoms with Crippen LogP contribution < -0.4 is 0 Å². The Bertz CT molecular complexity index is 589. The van der Waals surface area contributed by atoms with Crippen molar-refractivity contribution in [2.24, 2.45) is 0 Å². The lowest BCUT2D eigenvalue weighted by molar-refractivity contribution is 0.0605. The van der Waals surface area contributed by atoms with Crippen LogP contribution in [0.3, 0.4) is 0 Å². The van der Waals surface area contributed by atoms with Gasteiger partial charge in [-0.3, -0.25) is 0 Å². The minimum absolute atomic E-state index is 0.186. The molecule has 0 spiro atoms. The second-order valence-electron chi connectivity index (χ2n) is 5.03. The third-order valence-corrected chi connectivity index (χ3v) is 4.77. The average molecular weight is 282 g/mol. The van der Waals surface area contributed by atoms with Crippen LogP contribution in [0.25, 0.3) is 0 Å². The molecule has 0 aliphatic carbocycles. The van der Waals surface area contributed by atoms with E-state index in [4.69, 9.17) is 4.74 Å². The van der Waals surface area contributed by atoms with E-state index in [1.807, 2.05) is 17.8 Å². The summed E-state index contributed by atoms with van der Waals surface area (Å²) in [5.41, 5.74) is 2.62. The Balaban J connectivity index is 1.77. The fourth-order valence-corrected chi connectivity index (χ4v) is 3.39. The van der Waals surface area contributed by atoms with Gasteiger partial charge in [-0.15, -0.1) is 0 Å². The maximum atomic E-state index is 5.97. The Morgan fingerprint density at radius 1 is 0.950 bits per heavy atom. The van der Waals surface area contributed by atoms with Gasteiger partial charge in [0.05, 0.1) is 12.7 Å². The summed E-state index contributed by atoms with van der Waals surface area (Å²) in [4.78, 5) is 2.74. The van der Waals surface area contributed by atoms with Gasteiger partial charge < -0.3 is 4.74 Å². The maximum Gasteiger partial charge on any atom is 0.0874 e. The summed E-state index contributed by atoms with van der Waals surface area (Å²) >= 11 is 1.87. The fourth-order valence-electron chi connectivity index (χ4n) is 2.35. The molecule has 1 aliphatic rings. The summed E-state index contributed by atoms with van der Waals surface area (Å²) in [6, 6.07) is 21.1. The normalized spacial score (nSPS) is 19.1. The van der Waals surface area contributed by atoms with E-state index >= 15 is 0 Å². The molecule has 102 valence electrons. The Morgan fingerprint density at radius 2 is 1.60 bits per heavy atom. The molecule has 0 fully saturated rings. The monoisotopic (exact) mass is 282 g/mol. The van der Waals surface area contributed by atoms with Gasteiger partial charge in [-0.25, -0.2) is 0 Å². The molecular formula is C18H18OS. The van der Waals surface area contributed by atoms with Gasteiger partial charge in [0.1, 0.15) is 0 Å². The lowest BCUT2D eigenvalue weighted by atomic mass is 10.0. The van der Waals surface area contributed by atoms with Gasteiger partial charge >= 0.3 is 0 Å². The zero-order chi connectivity index (χ0) is 13.8. The standard InChI is InChI=1S/C18H18OS/c1-14-13-19-17(15-8-4-2-5-9-15)12-18(14)20-16-10-6-3-7-11-16/h2-11,17H,12-13H2,1H3. The molecule has 3 rings (SSSR count). The molecule has 20 heavy (non-hydrogen) atoms. The number of ether oxygens (including phenoxy) is 1. The van der Waals surface area contributed by atoms with E-state index in [0.29, 0.717) is 0 Å². The first-order valence-corrected chi connectivity index (χ1v) is 7.72. The zero-order valence-electron chi connectivity index (χ0n) is 11.6. The summed E-state index contributed by atoms with van der Waals surface area (Å²) in [5, 5.41) is 0. The van der Waals surface area contributed by atoms with Gasteiger partial charge in [0.15, 0.2) is 0 Å². The summed E-state index contributed by atoms with van der Waals surface area (Å²) < 4.78 is 5.97. The van der Waals surface area contributed by atoms with Crippen LogP contribution in [0.4, 0.5) is 0 Å². The molecule has 2 heteroatoms. The van der Waals surface area contributed by atoms with Crippen LogP contribution in [0.15, 0.2) is 76.0 Å². The van der Waals surface area contributed by atoms with Gasteiger partial charge in [-0.1, -0.05) is 60.3 Å². The molecule has 1 aliphatic heterocycles. The van der Waals surface area contributed by atoms with Crippen LogP contribution in [-0.2, 0) is 4.74 Å². The number of hydrogen-bond donors (Lipinski definition) is 0. The molecule has 2 aromatic rings. The van der Waals surface area contributed by atoms with Gasteiger partial charge in [0.2, 0.25) is 0 Å². The zero-order valence-corrected chi connectivity index (χ0v) is 12.4. The number of rotatable bonds is 3. The number of benzene rings is 2. The predicted molar refractivity (Wildman–Crippen MR) is 84.8 cm³/mol. The molecule has 0 aromatic heterocycles. The number of thioether (sulfide) groups is 1. The van der Waals surface area contributed by atoms with E-state index < -0.39 is 0 Å². The fraction of sp³-hybridized carbons (Fsp3) is 0.222. The minimum Gasteiger partial charge on any atom is -0.369 e. The third-order valence-electron chi connectivity index (χ3n) is 3.50. The van der Waals surface area contributed by atoms with Crippen LogP contribution in [0, 0.1) is 0 Å². The lowest BCUT2D eigenvalue weighted by Crippen LogP contribution is -2.13. The first-order valence-electron chi connectivity index (χ1n) is 6.91.